The van der Waals surface area contributed by atoms with E-state index in [4.69, 9.17) is 0 Å². The molecule has 0 aromatic carbocycles. The van der Waals surface area contributed by atoms with Gasteiger partial charge in [0.1, 0.15) is 0 Å². The molecule has 1 aromatic heterocycles. The quantitative estimate of drug-likeness (QED) is 0.433. The molecule has 0 radical (unpaired) electrons. The summed E-state index contributed by atoms with van der Waals surface area (Å²) in [6.45, 7) is 22.9. The third-order valence-electron chi connectivity index (χ3n) is 3.04. The van der Waals surface area contributed by atoms with Crippen LogP contribution in [0, 0.1) is 10.8 Å². The fraction of sp³-hybridized carbons (Fsp3) is 0.889. The number of aromatic nitrogens is 3. The third-order valence-corrected chi connectivity index (χ3v) is 9.20. The standard InChI is InChI=1S/C18H35N3S4/c1-15(2,3)11-17(7,8)24-22-13-19-14(21-20-13)23-25-18(9,10)12-16(4,5)6/h11-12H2,1-10H3,(H,19,20,21). The second-order valence-corrected chi connectivity index (χ2v) is 15.9. The van der Waals surface area contributed by atoms with E-state index in [0.29, 0.717) is 10.8 Å². The van der Waals surface area contributed by atoms with Crippen molar-refractivity contribution in [2.24, 2.45) is 10.8 Å². The van der Waals surface area contributed by atoms with Crippen molar-refractivity contribution in [3.05, 3.63) is 0 Å². The first-order chi connectivity index (χ1) is 11.1. The highest BCUT2D eigenvalue weighted by molar-refractivity contribution is 8.77. The number of rotatable bonds is 8. The maximum Gasteiger partial charge on any atom is 0.219 e. The molecule has 146 valence electrons. The largest absolute Gasteiger partial charge is 0.252 e. The van der Waals surface area contributed by atoms with Crippen molar-refractivity contribution in [2.45, 2.75) is 102 Å². The third kappa shape index (κ3) is 11.1. The van der Waals surface area contributed by atoms with Crippen molar-refractivity contribution < 1.29 is 0 Å². The molecule has 0 fully saturated rings. The van der Waals surface area contributed by atoms with Crippen LogP contribution in [0.2, 0.25) is 0 Å². The summed E-state index contributed by atoms with van der Waals surface area (Å²) in [5.41, 5.74) is 0.654. The number of hydrogen-bond acceptors (Lipinski definition) is 6. The highest BCUT2D eigenvalue weighted by atomic mass is 33.1. The summed E-state index contributed by atoms with van der Waals surface area (Å²) in [6, 6.07) is 0. The minimum atomic E-state index is 0.195. The second kappa shape index (κ2) is 8.70. The Kier molecular flexibility index (Phi) is 8.20. The Morgan fingerprint density at radius 3 is 1.60 bits per heavy atom. The van der Waals surface area contributed by atoms with Crippen molar-refractivity contribution in [3.63, 3.8) is 0 Å². The minimum Gasteiger partial charge on any atom is -0.252 e. The Labute approximate surface area is 170 Å². The van der Waals surface area contributed by atoms with E-state index in [1.54, 1.807) is 21.6 Å². The molecule has 1 heterocycles. The highest BCUT2D eigenvalue weighted by Gasteiger charge is 2.28. The molecule has 3 nitrogen and oxygen atoms in total. The fourth-order valence-corrected chi connectivity index (χ4v) is 7.90. The normalized spacial score (nSPS) is 14.2. The second-order valence-electron chi connectivity index (χ2n) is 10.3. The first-order valence-corrected chi connectivity index (χ1v) is 13.0. The van der Waals surface area contributed by atoms with Crippen LogP contribution >= 0.6 is 43.2 Å². The molecule has 25 heavy (non-hydrogen) atoms. The Hall–Kier alpha value is 0.540. The van der Waals surface area contributed by atoms with E-state index in [2.05, 4.69) is 84.4 Å². The van der Waals surface area contributed by atoms with E-state index < -0.39 is 0 Å². The summed E-state index contributed by atoms with van der Waals surface area (Å²) in [5.74, 6) is 0. The lowest BCUT2D eigenvalue weighted by Crippen LogP contribution is -2.22. The van der Waals surface area contributed by atoms with Gasteiger partial charge in [0.25, 0.3) is 0 Å². The van der Waals surface area contributed by atoms with Crippen molar-refractivity contribution in [1.82, 2.24) is 15.2 Å². The van der Waals surface area contributed by atoms with E-state index in [1.165, 1.54) is 0 Å². The van der Waals surface area contributed by atoms with Gasteiger partial charge < -0.3 is 0 Å². The van der Waals surface area contributed by atoms with Gasteiger partial charge in [-0.3, -0.25) is 5.10 Å². The van der Waals surface area contributed by atoms with Crippen molar-refractivity contribution in [2.75, 3.05) is 0 Å². The molecule has 0 saturated heterocycles. The van der Waals surface area contributed by atoms with Crippen LogP contribution < -0.4 is 0 Å². The van der Waals surface area contributed by atoms with Gasteiger partial charge in [-0.15, -0.1) is 5.10 Å². The van der Waals surface area contributed by atoms with Crippen LogP contribution in [-0.4, -0.2) is 24.7 Å². The average molecular weight is 422 g/mol. The van der Waals surface area contributed by atoms with Gasteiger partial charge in [-0.05, 0) is 73.0 Å². The van der Waals surface area contributed by atoms with Crippen molar-refractivity contribution in [3.8, 4) is 0 Å². The van der Waals surface area contributed by atoms with Crippen LogP contribution in [0.4, 0.5) is 0 Å². The zero-order valence-electron chi connectivity index (χ0n) is 17.4. The van der Waals surface area contributed by atoms with Gasteiger partial charge in [0, 0.05) is 9.49 Å². The SMILES string of the molecule is CC(C)(C)CC(C)(C)SSc1n[nH]c(SSC(C)(C)CC(C)(C)C)n1. The summed E-state index contributed by atoms with van der Waals surface area (Å²) < 4.78 is 0.396. The van der Waals surface area contributed by atoms with Crippen LogP contribution in [0.3, 0.4) is 0 Å². The minimum absolute atomic E-state index is 0.195. The van der Waals surface area contributed by atoms with Crippen LogP contribution in [0.15, 0.2) is 10.3 Å². The first-order valence-electron chi connectivity index (χ1n) is 8.71. The number of hydrogen-bond donors (Lipinski definition) is 1. The molecular formula is C18H35N3S4. The predicted molar refractivity (Wildman–Crippen MR) is 120 cm³/mol. The molecule has 0 spiro atoms. The number of nitrogens with one attached hydrogen (secondary N) is 1. The van der Waals surface area contributed by atoms with Gasteiger partial charge in [0.2, 0.25) is 5.16 Å². The highest BCUT2D eigenvalue weighted by Crippen LogP contribution is 2.47. The van der Waals surface area contributed by atoms with E-state index in [-0.39, 0.29) is 9.49 Å². The lowest BCUT2D eigenvalue weighted by atomic mass is 9.86. The summed E-state index contributed by atoms with van der Waals surface area (Å²) in [7, 11) is 7.10. The molecule has 1 N–H and O–H groups in total. The molecule has 1 rings (SSSR count). The molecule has 0 aliphatic carbocycles. The zero-order chi connectivity index (χ0) is 19.5. The lowest BCUT2D eigenvalue weighted by Gasteiger charge is -2.30. The molecule has 0 atom stereocenters. The summed E-state index contributed by atoms with van der Waals surface area (Å²) in [4.78, 5) is 4.63. The van der Waals surface area contributed by atoms with E-state index in [0.717, 1.165) is 23.2 Å². The zero-order valence-corrected chi connectivity index (χ0v) is 20.7. The smallest absolute Gasteiger partial charge is 0.219 e. The van der Waals surface area contributed by atoms with E-state index >= 15 is 0 Å². The number of H-pyrrole nitrogens is 1. The Bertz CT molecular complexity index is 493. The van der Waals surface area contributed by atoms with Gasteiger partial charge in [-0.25, -0.2) is 0 Å². The molecule has 0 aliphatic rings. The Morgan fingerprint density at radius 2 is 1.16 bits per heavy atom. The van der Waals surface area contributed by atoms with Crippen molar-refractivity contribution >= 4 is 43.2 Å². The van der Waals surface area contributed by atoms with Crippen LogP contribution in [0.5, 0.6) is 0 Å². The summed E-state index contributed by atoms with van der Waals surface area (Å²) >= 11 is 0. The van der Waals surface area contributed by atoms with Crippen LogP contribution in [0.25, 0.3) is 0 Å². The molecule has 1 aromatic rings. The average Bonchev–Trinajstić information content (AvgIpc) is 2.76. The maximum absolute atomic E-state index is 4.63. The lowest BCUT2D eigenvalue weighted by molar-refractivity contribution is 0.340. The van der Waals surface area contributed by atoms with Crippen molar-refractivity contribution in [1.29, 1.82) is 0 Å². The van der Waals surface area contributed by atoms with Crippen LogP contribution in [-0.2, 0) is 0 Å². The van der Waals surface area contributed by atoms with Gasteiger partial charge >= 0.3 is 0 Å². The molecule has 0 unspecified atom stereocenters. The monoisotopic (exact) mass is 421 g/mol. The molecular weight excluding hydrogens is 386 g/mol. The molecule has 7 heteroatoms. The first kappa shape index (κ1) is 23.6. The molecule has 0 aliphatic heterocycles. The van der Waals surface area contributed by atoms with Gasteiger partial charge in [-0.2, -0.15) is 4.98 Å². The maximum atomic E-state index is 4.63. The Balaban J connectivity index is 2.52. The predicted octanol–water partition coefficient (Wildman–Crippen LogP) is 7.71. The van der Waals surface area contributed by atoms with E-state index in [9.17, 15) is 0 Å². The Morgan fingerprint density at radius 1 is 0.720 bits per heavy atom. The molecule has 0 bridgehead atoms. The van der Waals surface area contributed by atoms with E-state index in [1.807, 2.05) is 21.6 Å². The van der Waals surface area contributed by atoms with Crippen LogP contribution in [0.1, 0.15) is 82.1 Å². The summed E-state index contributed by atoms with van der Waals surface area (Å²) in [6.07, 6.45) is 2.31. The molecule has 0 saturated carbocycles. The summed E-state index contributed by atoms with van der Waals surface area (Å²) in [5, 5.41) is 9.15. The fourth-order valence-electron chi connectivity index (χ4n) is 3.22. The number of aromatic amines is 1. The number of nitrogens with zero attached hydrogens (tertiary/aromatic N) is 2. The topological polar surface area (TPSA) is 41.6 Å². The van der Waals surface area contributed by atoms with Gasteiger partial charge in [0.05, 0.1) is 0 Å². The van der Waals surface area contributed by atoms with Gasteiger partial charge in [-0.1, -0.05) is 63.1 Å². The van der Waals surface area contributed by atoms with Gasteiger partial charge in [0.15, 0.2) is 5.16 Å². The molecule has 0 amide bonds.